The minimum atomic E-state index is -4.96. The Hall–Kier alpha value is -2.78. The van der Waals surface area contributed by atoms with Gasteiger partial charge in [0.25, 0.3) is 5.56 Å². The number of carbonyl (C=O) groups excluding carboxylic acids is 1. The summed E-state index contributed by atoms with van der Waals surface area (Å²) >= 11 is 0. The van der Waals surface area contributed by atoms with Crippen molar-refractivity contribution in [2.45, 2.75) is 82.5 Å². The van der Waals surface area contributed by atoms with Crippen LogP contribution in [0, 0.1) is 12.3 Å². The molecular formula is C23H30F3N3O6. The fourth-order valence-corrected chi connectivity index (χ4v) is 4.46. The fraction of sp³-hybridized carbons (Fsp3) is 0.696. The first-order valence-corrected chi connectivity index (χ1v) is 11.7. The molecule has 0 radical (unpaired) electrons. The first-order chi connectivity index (χ1) is 16.7. The quantitative estimate of drug-likeness (QED) is 0.522. The summed E-state index contributed by atoms with van der Waals surface area (Å²) in [5.74, 6) is 2.30. The summed E-state index contributed by atoms with van der Waals surface area (Å²) in [7, 11) is 0. The van der Waals surface area contributed by atoms with Crippen LogP contribution in [0.3, 0.4) is 0 Å². The first-order valence-electron chi connectivity index (χ1n) is 11.7. The number of carbonyl (C=O) groups is 1. The molecule has 0 spiro atoms. The zero-order valence-electron chi connectivity index (χ0n) is 19.5. The van der Waals surface area contributed by atoms with Crippen LogP contribution in [0.4, 0.5) is 18.0 Å². The van der Waals surface area contributed by atoms with Gasteiger partial charge in [0.2, 0.25) is 0 Å². The highest BCUT2D eigenvalue weighted by Gasteiger charge is 2.41. The molecule has 1 saturated carbocycles. The lowest BCUT2D eigenvalue weighted by atomic mass is 10.2. The van der Waals surface area contributed by atoms with Gasteiger partial charge in [-0.25, -0.2) is 9.59 Å². The second-order valence-corrected chi connectivity index (χ2v) is 8.69. The van der Waals surface area contributed by atoms with Crippen LogP contribution in [-0.2, 0) is 20.4 Å². The van der Waals surface area contributed by atoms with Crippen LogP contribution in [0.15, 0.2) is 15.8 Å². The molecule has 12 heteroatoms. The predicted molar refractivity (Wildman–Crippen MR) is 119 cm³/mol. The molecule has 194 valence electrons. The van der Waals surface area contributed by atoms with Gasteiger partial charge in [-0.2, -0.15) is 13.2 Å². The highest BCUT2D eigenvalue weighted by molar-refractivity contribution is 5.68. The molecule has 3 rings (SSSR count). The van der Waals surface area contributed by atoms with E-state index in [-0.39, 0.29) is 25.7 Å². The van der Waals surface area contributed by atoms with Crippen molar-refractivity contribution in [3.8, 4) is 12.3 Å². The number of unbranched alkanes of at least 4 members (excludes halogenated alkanes) is 1. The minimum Gasteiger partial charge on any atom is -0.447 e. The summed E-state index contributed by atoms with van der Waals surface area (Å²) in [6.07, 6.45) is 3.05. The van der Waals surface area contributed by atoms with Gasteiger partial charge in [0.15, 0.2) is 0 Å². The van der Waals surface area contributed by atoms with Crippen LogP contribution < -0.4 is 11.2 Å². The number of halogens is 3. The van der Waals surface area contributed by atoms with Gasteiger partial charge in [-0.05, 0) is 19.3 Å². The topological polar surface area (TPSA) is 103 Å². The van der Waals surface area contributed by atoms with E-state index < -0.39 is 47.5 Å². The zero-order valence-corrected chi connectivity index (χ0v) is 19.5. The maximum atomic E-state index is 13.2. The molecule has 35 heavy (non-hydrogen) atoms. The van der Waals surface area contributed by atoms with Crippen LogP contribution in [0.2, 0.25) is 0 Å². The van der Waals surface area contributed by atoms with E-state index in [1.807, 2.05) is 6.92 Å². The van der Waals surface area contributed by atoms with Gasteiger partial charge in [-0.15, -0.1) is 6.42 Å². The highest BCUT2D eigenvalue weighted by Crippen LogP contribution is 2.32. The van der Waals surface area contributed by atoms with Crippen molar-refractivity contribution in [1.82, 2.24) is 14.5 Å². The molecule has 1 aliphatic heterocycles. The molecule has 0 unspecified atom stereocenters. The molecule has 1 saturated heterocycles. The number of terminal acetylenes is 1. The van der Waals surface area contributed by atoms with E-state index in [1.165, 1.54) is 0 Å². The zero-order chi connectivity index (χ0) is 25.6. The van der Waals surface area contributed by atoms with Gasteiger partial charge >= 0.3 is 18.0 Å². The van der Waals surface area contributed by atoms with E-state index >= 15 is 0 Å². The Balaban J connectivity index is 1.74. The Morgan fingerprint density at radius 3 is 2.69 bits per heavy atom. The number of hydrogen-bond acceptors (Lipinski definition) is 6. The van der Waals surface area contributed by atoms with Crippen LogP contribution in [-0.4, -0.2) is 58.6 Å². The molecule has 1 N–H and O–H groups in total. The molecule has 1 amide bonds. The Bertz CT molecular complexity index is 1030. The maximum Gasteiger partial charge on any atom is 0.423 e. The number of hydrogen-bond donors (Lipinski definition) is 1. The average molecular weight is 502 g/mol. The third-order valence-electron chi connectivity index (χ3n) is 6.27. The van der Waals surface area contributed by atoms with Gasteiger partial charge < -0.3 is 19.1 Å². The molecular weight excluding hydrogens is 471 g/mol. The highest BCUT2D eigenvalue weighted by atomic mass is 19.4. The number of aromatic nitrogens is 2. The molecule has 1 aromatic rings. The molecule has 0 bridgehead atoms. The summed E-state index contributed by atoms with van der Waals surface area (Å²) in [6, 6.07) is 0.111. The number of alkyl halides is 3. The molecule has 2 heterocycles. The average Bonchev–Trinajstić information content (AvgIpc) is 3.46. The monoisotopic (exact) mass is 501 g/mol. The molecule has 3 atom stereocenters. The van der Waals surface area contributed by atoms with E-state index in [4.69, 9.17) is 20.6 Å². The Morgan fingerprint density at radius 2 is 2.06 bits per heavy atom. The molecule has 2 fully saturated rings. The van der Waals surface area contributed by atoms with Crippen molar-refractivity contribution < 1.29 is 32.2 Å². The molecule has 0 aromatic carbocycles. The van der Waals surface area contributed by atoms with E-state index in [1.54, 1.807) is 9.88 Å². The van der Waals surface area contributed by atoms with E-state index in [0.29, 0.717) is 17.3 Å². The summed E-state index contributed by atoms with van der Waals surface area (Å²) in [6.45, 7) is 2.26. The minimum absolute atomic E-state index is 0.0324. The van der Waals surface area contributed by atoms with Crippen molar-refractivity contribution in [3.05, 3.63) is 32.6 Å². The van der Waals surface area contributed by atoms with Crippen molar-refractivity contribution in [2.24, 2.45) is 0 Å². The summed E-state index contributed by atoms with van der Waals surface area (Å²) in [4.78, 5) is 40.1. The van der Waals surface area contributed by atoms with Crippen LogP contribution in [0.5, 0.6) is 0 Å². The Kier molecular flexibility index (Phi) is 9.02. The van der Waals surface area contributed by atoms with Gasteiger partial charge in [0.05, 0.1) is 6.10 Å². The Labute approximate surface area is 200 Å². The Morgan fingerprint density at radius 1 is 1.34 bits per heavy atom. The van der Waals surface area contributed by atoms with Crippen molar-refractivity contribution in [1.29, 1.82) is 0 Å². The van der Waals surface area contributed by atoms with Gasteiger partial charge in [-0.3, -0.25) is 14.3 Å². The maximum absolute atomic E-state index is 13.2. The normalized spacial score (nSPS) is 22.8. The number of aromatic amines is 1. The summed E-state index contributed by atoms with van der Waals surface area (Å²) in [5, 5.41) is 0. The van der Waals surface area contributed by atoms with Crippen LogP contribution in [0.1, 0.15) is 63.7 Å². The lowest BCUT2D eigenvalue weighted by Crippen LogP contribution is -2.41. The van der Waals surface area contributed by atoms with Gasteiger partial charge in [0.1, 0.15) is 31.1 Å². The van der Waals surface area contributed by atoms with E-state index in [9.17, 15) is 27.6 Å². The predicted octanol–water partition coefficient (Wildman–Crippen LogP) is 3.04. The number of rotatable bonds is 9. The third kappa shape index (κ3) is 6.67. The number of nitrogens with zero attached hydrogens (tertiary/aromatic N) is 2. The largest absolute Gasteiger partial charge is 0.447 e. The fourth-order valence-electron chi connectivity index (χ4n) is 4.46. The number of nitrogens with one attached hydrogen (secondary N) is 1. The first kappa shape index (κ1) is 26.8. The van der Waals surface area contributed by atoms with E-state index in [2.05, 4.69) is 5.92 Å². The van der Waals surface area contributed by atoms with Crippen molar-refractivity contribution >= 4 is 6.09 Å². The van der Waals surface area contributed by atoms with Crippen LogP contribution in [0.25, 0.3) is 0 Å². The molecule has 1 aromatic heterocycles. The number of H-pyrrole nitrogens is 1. The van der Waals surface area contributed by atoms with Crippen LogP contribution >= 0.6 is 0 Å². The molecule has 2 aliphatic rings. The lowest BCUT2D eigenvalue weighted by Gasteiger charge is -2.29. The molecule has 9 nitrogen and oxygen atoms in total. The second kappa shape index (κ2) is 11.8. The number of amides is 1. The summed E-state index contributed by atoms with van der Waals surface area (Å²) < 4.78 is 57.1. The van der Waals surface area contributed by atoms with Gasteiger partial charge in [-0.1, -0.05) is 32.1 Å². The smallest absolute Gasteiger partial charge is 0.423 e. The van der Waals surface area contributed by atoms with Crippen molar-refractivity contribution in [3.63, 3.8) is 0 Å². The van der Waals surface area contributed by atoms with E-state index in [0.717, 1.165) is 38.5 Å². The van der Waals surface area contributed by atoms with Gasteiger partial charge in [0, 0.05) is 25.2 Å². The summed E-state index contributed by atoms with van der Waals surface area (Å²) in [5.41, 5.74) is -4.13. The standard InChI is InChI=1S/C23H30F3N3O6/c1-3-5-10-28(15-8-6-7-9-15)22(32)34-14-18-17(33-11-4-2)12-19(35-18)29-13-16(23(24,25)26)20(30)27-21(29)31/h2,13,15,17-19H,3,5-12,14H2,1H3,(H,27,30,31)/t17-,18+,19+/m0/s1. The second-order valence-electron chi connectivity index (χ2n) is 8.69. The number of ether oxygens (including phenoxy) is 3. The molecule has 1 aliphatic carbocycles. The lowest BCUT2D eigenvalue weighted by molar-refractivity contribution is -0.139. The van der Waals surface area contributed by atoms with Crippen molar-refractivity contribution in [2.75, 3.05) is 19.8 Å². The third-order valence-corrected chi connectivity index (χ3v) is 6.27. The SMILES string of the molecule is C#CCO[C@H]1C[C@H](n2cc(C(F)(F)F)c(=O)[nH]c2=O)O[C@@H]1COC(=O)N(CCCC)C1CCCC1.